The van der Waals surface area contributed by atoms with E-state index in [9.17, 15) is 4.79 Å². The molecule has 3 heteroatoms. The third-order valence-electron chi connectivity index (χ3n) is 2.09. The van der Waals surface area contributed by atoms with E-state index in [0.717, 1.165) is 11.3 Å². The van der Waals surface area contributed by atoms with Crippen LogP contribution in [0.4, 0.5) is 0 Å². The molecule has 76 valence electrons. The highest BCUT2D eigenvalue weighted by atomic mass is 32.1. The van der Waals surface area contributed by atoms with Gasteiger partial charge in [0.2, 0.25) is 0 Å². The van der Waals surface area contributed by atoms with Gasteiger partial charge in [-0.05, 0) is 17.7 Å². The normalized spacial score (nSPS) is 10.1. The predicted octanol–water partition coefficient (Wildman–Crippen LogP) is 3.04. The number of carboxylic acids is 1. The molecule has 0 atom stereocenters. The van der Waals surface area contributed by atoms with Crippen molar-refractivity contribution in [1.82, 2.24) is 0 Å². The summed E-state index contributed by atoms with van der Waals surface area (Å²) in [5.41, 5.74) is 1.20. The number of carbonyl (C=O) groups is 1. The van der Waals surface area contributed by atoms with Gasteiger partial charge in [0.15, 0.2) is 0 Å². The van der Waals surface area contributed by atoms with E-state index >= 15 is 0 Å². The second-order valence-corrected chi connectivity index (χ2v) is 4.40. The highest BCUT2D eigenvalue weighted by molar-refractivity contribution is 7.13. The molecular weight excluding hydrogens is 208 g/mol. The van der Waals surface area contributed by atoms with E-state index in [-0.39, 0.29) is 0 Å². The molecule has 0 amide bonds. The van der Waals surface area contributed by atoms with Gasteiger partial charge < -0.3 is 5.11 Å². The summed E-state index contributed by atoms with van der Waals surface area (Å²) in [6.07, 6.45) is 0.804. The molecule has 0 aliphatic carbocycles. The van der Waals surface area contributed by atoms with Crippen LogP contribution in [0.3, 0.4) is 0 Å². The van der Waals surface area contributed by atoms with E-state index in [1.54, 1.807) is 6.07 Å². The summed E-state index contributed by atoms with van der Waals surface area (Å²) in [7, 11) is 0. The Labute approximate surface area is 91.8 Å². The summed E-state index contributed by atoms with van der Waals surface area (Å²) in [5.74, 6) is -0.848. The summed E-state index contributed by atoms with van der Waals surface area (Å²) < 4.78 is 0. The van der Waals surface area contributed by atoms with Crippen molar-refractivity contribution >= 4 is 17.3 Å². The number of rotatable bonds is 3. The molecule has 15 heavy (non-hydrogen) atoms. The molecule has 0 bridgehead atoms. The molecule has 2 aromatic rings. The maximum absolute atomic E-state index is 10.7. The van der Waals surface area contributed by atoms with E-state index in [0.29, 0.717) is 4.88 Å². The maximum Gasteiger partial charge on any atom is 0.345 e. The highest BCUT2D eigenvalue weighted by Crippen LogP contribution is 2.19. The fraction of sp³-hybridized carbons (Fsp3) is 0.0833. The van der Waals surface area contributed by atoms with E-state index in [1.165, 1.54) is 16.9 Å². The number of carboxylic acid groups (broad SMARTS) is 1. The molecular formula is C12H10O2S. The summed E-state index contributed by atoms with van der Waals surface area (Å²) in [5, 5.41) is 8.77. The lowest BCUT2D eigenvalue weighted by Gasteiger charge is -1.96. The molecule has 2 rings (SSSR count). The minimum absolute atomic E-state index is 0.404. The van der Waals surface area contributed by atoms with Crippen molar-refractivity contribution in [3.05, 3.63) is 57.8 Å². The Kier molecular flexibility index (Phi) is 2.83. The van der Waals surface area contributed by atoms with Gasteiger partial charge in [-0.15, -0.1) is 11.3 Å². The number of hydrogen-bond acceptors (Lipinski definition) is 2. The van der Waals surface area contributed by atoms with Crippen molar-refractivity contribution in [2.24, 2.45) is 0 Å². The predicted molar refractivity (Wildman–Crippen MR) is 60.5 cm³/mol. The Bertz CT molecular complexity index is 459. The third kappa shape index (κ3) is 2.44. The molecule has 0 saturated carbocycles. The lowest BCUT2D eigenvalue weighted by Crippen LogP contribution is -1.89. The Morgan fingerprint density at radius 1 is 1.13 bits per heavy atom. The standard InChI is InChI=1S/C12H10O2S/c13-12(14)11-7-6-10(15-11)8-9-4-2-1-3-5-9/h1-7H,8H2,(H,13,14). The molecule has 0 aliphatic rings. The van der Waals surface area contributed by atoms with Crippen LogP contribution in [-0.4, -0.2) is 11.1 Å². The van der Waals surface area contributed by atoms with E-state index in [4.69, 9.17) is 5.11 Å². The number of hydrogen-bond donors (Lipinski definition) is 1. The van der Waals surface area contributed by atoms with Crippen LogP contribution in [0.2, 0.25) is 0 Å². The first-order valence-electron chi connectivity index (χ1n) is 4.61. The van der Waals surface area contributed by atoms with Crippen LogP contribution in [0.5, 0.6) is 0 Å². The van der Waals surface area contributed by atoms with Crippen molar-refractivity contribution in [2.75, 3.05) is 0 Å². The molecule has 0 aliphatic heterocycles. The maximum atomic E-state index is 10.7. The van der Waals surface area contributed by atoms with Gasteiger partial charge in [-0.2, -0.15) is 0 Å². The second-order valence-electron chi connectivity index (χ2n) is 3.23. The SMILES string of the molecule is O=C(O)c1ccc(Cc2ccccc2)s1. The monoisotopic (exact) mass is 218 g/mol. The second kappa shape index (κ2) is 4.28. The molecule has 2 nitrogen and oxygen atoms in total. The molecule has 0 unspecified atom stereocenters. The summed E-state index contributed by atoms with van der Waals surface area (Å²) >= 11 is 1.34. The van der Waals surface area contributed by atoms with Crippen LogP contribution < -0.4 is 0 Å². The quantitative estimate of drug-likeness (QED) is 0.859. The highest BCUT2D eigenvalue weighted by Gasteiger charge is 2.06. The van der Waals surface area contributed by atoms with Gasteiger partial charge in [0.1, 0.15) is 4.88 Å². The first-order chi connectivity index (χ1) is 7.25. The van der Waals surface area contributed by atoms with Crippen molar-refractivity contribution in [2.45, 2.75) is 6.42 Å². The Balaban J connectivity index is 2.15. The zero-order valence-corrected chi connectivity index (χ0v) is 8.83. The summed E-state index contributed by atoms with van der Waals surface area (Å²) in [4.78, 5) is 12.2. The third-order valence-corrected chi connectivity index (χ3v) is 3.17. The first-order valence-corrected chi connectivity index (χ1v) is 5.43. The van der Waals surface area contributed by atoms with Crippen LogP contribution in [-0.2, 0) is 6.42 Å². The van der Waals surface area contributed by atoms with E-state index in [1.807, 2.05) is 36.4 Å². The van der Waals surface area contributed by atoms with Gasteiger partial charge in [-0.1, -0.05) is 30.3 Å². The van der Waals surface area contributed by atoms with Gasteiger partial charge in [0.05, 0.1) is 0 Å². The van der Waals surface area contributed by atoms with E-state index in [2.05, 4.69) is 0 Å². The van der Waals surface area contributed by atoms with Crippen molar-refractivity contribution in [3.8, 4) is 0 Å². The van der Waals surface area contributed by atoms with Gasteiger partial charge in [-0.3, -0.25) is 0 Å². The van der Waals surface area contributed by atoms with Gasteiger partial charge >= 0.3 is 5.97 Å². The van der Waals surface area contributed by atoms with Crippen LogP contribution in [0.15, 0.2) is 42.5 Å². The molecule has 0 fully saturated rings. The Morgan fingerprint density at radius 2 is 1.87 bits per heavy atom. The van der Waals surface area contributed by atoms with Crippen LogP contribution in [0.1, 0.15) is 20.1 Å². The van der Waals surface area contributed by atoms with Gasteiger partial charge in [0.25, 0.3) is 0 Å². The zero-order valence-electron chi connectivity index (χ0n) is 8.01. The number of thiophene rings is 1. The molecule has 0 spiro atoms. The average molecular weight is 218 g/mol. The minimum atomic E-state index is -0.848. The molecule has 1 heterocycles. The largest absolute Gasteiger partial charge is 0.477 e. The smallest absolute Gasteiger partial charge is 0.345 e. The lowest BCUT2D eigenvalue weighted by atomic mass is 10.1. The number of benzene rings is 1. The summed E-state index contributed by atoms with van der Waals surface area (Å²) in [6.45, 7) is 0. The van der Waals surface area contributed by atoms with Gasteiger partial charge in [-0.25, -0.2) is 4.79 Å². The lowest BCUT2D eigenvalue weighted by molar-refractivity contribution is 0.0702. The van der Waals surface area contributed by atoms with Crippen LogP contribution in [0, 0.1) is 0 Å². The van der Waals surface area contributed by atoms with Crippen molar-refractivity contribution in [3.63, 3.8) is 0 Å². The topological polar surface area (TPSA) is 37.3 Å². The van der Waals surface area contributed by atoms with Gasteiger partial charge in [0, 0.05) is 11.3 Å². The molecule has 0 radical (unpaired) electrons. The zero-order chi connectivity index (χ0) is 10.7. The molecule has 1 aromatic carbocycles. The average Bonchev–Trinajstić information content (AvgIpc) is 2.68. The minimum Gasteiger partial charge on any atom is -0.477 e. The van der Waals surface area contributed by atoms with Crippen molar-refractivity contribution in [1.29, 1.82) is 0 Å². The fourth-order valence-corrected chi connectivity index (χ4v) is 2.27. The van der Waals surface area contributed by atoms with Crippen LogP contribution >= 0.6 is 11.3 Å². The van der Waals surface area contributed by atoms with Crippen molar-refractivity contribution < 1.29 is 9.90 Å². The molecule has 1 aromatic heterocycles. The van der Waals surface area contributed by atoms with E-state index < -0.39 is 5.97 Å². The van der Waals surface area contributed by atoms with Crippen LogP contribution in [0.25, 0.3) is 0 Å². The fourth-order valence-electron chi connectivity index (χ4n) is 1.38. The molecule has 0 saturated heterocycles. The first kappa shape index (κ1) is 9.93. The number of aromatic carboxylic acids is 1. The Morgan fingerprint density at radius 3 is 2.47 bits per heavy atom. The molecule has 1 N–H and O–H groups in total. The summed E-state index contributed by atoms with van der Waals surface area (Å²) in [6, 6.07) is 13.6. The Hall–Kier alpha value is -1.61.